The lowest BCUT2D eigenvalue weighted by molar-refractivity contribution is -0.385. The van der Waals surface area contributed by atoms with E-state index in [2.05, 4.69) is 20.8 Å². The van der Waals surface area contributed by atoms with E-state index in [9.17, 15) is 14.9 Å². The number of carbonyl (C=O) groups is 1. The standard InChI is InChI=1S/C26H22N2O4/c1-26(2,3)21-10-12-22(13-11-21)32-25-15-7-18(16-23(25)28(30)31)6-14-24(29)20-8-4-19(17-27)5-9-20/h4-16H,1-3H3/b14-6+. The molecule has 0 spiro atoms. The summed E-state index contributed by atoms with van der Waals surface area (Å²) in [5.74, 6) is 0.353. The second-order valence-corrected chi connectivity index (χ2v) is 8.25. The summed E-state index contributed by atoms with van der Waals surface area (Å²) in [6, 6.07) is 20.2. The minimum absolute atomic E-state index is 0.00625. The van der Waals surface area contributed by atoms with Crippen molar-refractivity contribution >= 4 is 17.5 Å². The largest absolute Gasteiger partial charge is 0.450 e. The van der Waals surface area contributed by atoms with Crippen LogP contribution in [0.3, 0.4) is 0 Å². The SMILES string of the molecule is CC(C)(C)c1ccc(Oc2ccc(/C=C/C(=O)c3ccc(C#N)cc3)cc2[N+](=O)[O-])cc1. The van der Waals surface area contributed by atoms with Gasteiger partial charge in [-0.25, -0.2) is 0 Å². The number of carbonyl (C=O) groups excluding carboxylic acids is 1. The second-order valence-electron chi connectivity index (χ2n) is 8.25. The van der Waals surface area contributed by atoms with Gasteiger partial charge in [-0.05, 0) is 65.1 Å². The van der Waals surface area contributed by atoms with Gasteiger partial charge in [-0.1, -0.05) is 45.0 Å². The van der Waals surface area contributed by atoms with Gasteiger partial charge in [0.05, 0.1) is 16.6 Å². The van der Waals surface area contributed by atoms with Crippen LogP contribution in [0.15, 0.2) is 72.8 Å². The quantitative estimate of drug-likeness (QED) is 0.195. The first kappa shape index (κ1) is 22.4. The van der Waals surface area contributed by atoms with Crippen molar-refractivity contribution in [2.24, 2.45) is 0 Å². The molecule has 0 aliphatic carbocycles. The fourth-order valence-electron chi connectivity index (χ4n) is 2.99. The molecule has 0 radical (unpaired) electrons. The molecule has 0 aliphatic rings. The molecule has 3 rings (SSSR count). The van der Waals surface area contributed by atoms with E-state index in [4.69, 9.17) is 10.00 Å². The Balaban J connectivity index is 1.79. The minimum Gasteiger partial charge on any atom is -0.450 e. The Bertz CT molecular complexity index is 1210. The molecule has 0 bridgehead atoms. The van der Waals surface area contributed by atoms with Crippen molar-refractivity contribution in [2.45, 2.75) is 26.2 Å². The van der Waals surface area contributed by atoms with Crippen LogP contribution in [0.25, 0.3) is 6.08 Å². The highest BCUT2D eigenvalue weighted by Crippen LogP contribution is 2.33. The first-order chi connectivity index (χ1) is 15.2. The minimum atomic E-state index is -0.515. The third-order valence-electron chi connectivity index (χ3n) is 4.85. The summed E-state index contributed by atoms with van der Waals surface area (Å²) >= 11 is 0. The van der Waals surface area contributed by atoms with E-state index in [1.54, 1.807) is 42.5 Å². The van der Waals surface area contributed by atoms with E-state index in [0.29, 0.717) is 22.4 Å². The molecule has 0 aromatic heterocycles. The molecular weight excluding hydrogens is 404 g/mol. The summed E-state index contributed by atoms with van der Waals surface area (Å²) < 4.78 is 5.75. The Morgan fingerprint density at radius 2 is 1.69 bits per heavy atom. The first-order valence-corrected chi connectivity index (χ1v) is 9.97. The number of ether oxygens (including phenoxy) is 1. The molecule has 0 saturated heterocycles. The zero-order chi connectivity index (χ0) is 23.3. The van der Waals surface area contributed by atoms with Crippen LogP contribution in [0.2, 0.25) is 0 Å². The molecule has 6 nitrogen and oxygen atoms in total. The highest BCUT2D eigenvalue weighted by atomic mass is 16.6. The molecule has 0 N–H and O–H groups in total. The average molecular weight is 426 g/mol. The van der Waals surface area contributed by atoms with E-state index in [1.165, 1.54) is 24.3 Å². The van der Waals surface area contributed by atoms with E-state index in [1.807, 2.05) is 18.2 Å². The van der Waals surface area contributed by atoms with Gasteiger partial charge in [0.25, 0.3) is 0 Å². The number of nitro groups is 1. The van der Waals surface area contributed by atoms with Crippen molar-refractivity contribution in [3.05, 3.63) is 105 Å². The molecule has 3 aromatic carbocycles. The molecule has 0 aliphatic heterocycles. The Morgan fingerprint density at radius 1 is 1.03 bits per heavy atom. The summed E-state index contributed by atoms with van der Waals surface area (Å²) in [6.45, 7) is 6.31. The number of nitrogens with zero attached hydrogens (tertiary/aromatic N) is 2. The van der Waals surface area contributed by atoms with Crippen molar-refractivity contribution in [1.82, 2.24) is 0 Å². The topological polar surface area (TPSA) is 93.2 Å². The smallest absolute Gasteiger partial charge is 0.312 e. The molecule has 160 valence electrons. The maximum atomic E-state index is 12.3. The Kier molecular flexibility index (Phi) is 6.50. The summed E-state index contributed by atoms with van der Waals surface area (Å²) in [4.78, 5) is 23.4. The van der Waals surface area contributed by atoms with Gasteiger partial charge in [-0.15, -0.1) is 0 Å². The normalized spacial score (nSPS) is 11.2. The van der Waals surface area contributed by atoms with Gasteiger partial charge in [0, 0.05) is 11.6 Å². The monoisotopic (exact) mass is 426 g/mol. The molecule has 3 aromatic rings. The molecule has 0 heterocycles. The maximum Gasteiger partial charge on any atom is 0.312 e. The number of allylic oxidation sites excluding steroid dienone is 1. The maximum absolute atomic E-state index is 12.3. The number of rotatable bonds is 6. The van der Waals surface area contributed by atoms with Crippen LogP contribution in [0.1, 0.15) is 47.8 Å². The summed E-state index contributed by atoms with van der Waals surface area (Å²) in [6.07, 6.45) is 2.85. The number of benzene rings is 3. The molecule has 0 saturated carbocycles. The predicted molar refractivity (Wildman–Crippen MR) is 123 cm³/mol. The molecular formula is C26H22N2O4. The lowest BCUT2D eigenvalue weighted by atomic mass is 9.87. The summed E-state index contributed by atoms with van der Waals surface area (Å²) in [7, 11) is 0. The van der Waals surface area contributed by atoms with Crippen LogP contribution in [0.5, 0.6) is 11.5 Å². The second kappa shape index (κ2) is 9.27. The zero-order valence-corrected chi connectivity index (χ0v) is 18.0. The fourth-order valence-corrected chi connectivity index (χ4v) is 2.99. The molecule has 0 fully saturated rings. The lowest BCUT2D eigenvalue weighted by Crippen LogP contribution is -2.10. The van der Waals surface area contributed by atoms with Crippen LogP contribution in [-0.2, 0) is 5.41 Å². The van der Waals surface area contributed by atoms with Gasteiger partial charge < -0.3 is 4.74 Å². The van der Waals surface area contributed by atoms with Gasteiger partial charge in [0.2, 0.25) is 5.75 Å². The van der Waals surface area contributed by atoms with Crippen molar-refractivity contribution in [1.29, 1.82) is 5.26 Å². The highest BCUT2D eigenvalue weighted by Gasteiger charge is 2.18. The van der Waals surface area contributed by atoms with E-state index in [0.717, 1.165) is 5.56 Å². The van der Waals surface area contributed by atoms with Crippen LogP contribution >= 0.6 is 0 Å². The van der Waals surface area contributed by atoms with Gasteiger partial charge in [-0.3, -0.25) is 14.9 Å². The van der Waals surface area contributed by atoms with Crippen molar-refractivity contribution in [3.8, 4) is 17.6 Å². The van der Waals surface area contributed by atoms with Crippen LogP contribution < -0.4 is 4.74 Å². The first-order valence-electron chi connectivity index (χ1n) is 9.97. The average Bonchev–Trinajstić information content (AvgIpc) is 2.77. The highest BCUT2D eigenvalue weighted by molar-refractivity contribution is 6.06. The Labute approximate surface area is 186 Å². The van der Waals surface area contributed by atoms with Gasteiger partial charge in [0.1, 0.15) is 5.75 Å². The van der Waals surface area contributed by atoms with Crippen LogP contribution in [0, 0.1) is 21.4 Å². The Hall–Kier alpha value is -4.24. The molecule has 0 atom stereocenters. The molecule has 6 heteroatoms. The third kappa shape index (κ3) is 5.46. The number of hydrogen-bond acceptors (Lipinski definition) is 5. The number of ketones is 1. The van der Waals surface area contributed by atoms with Crippen LogP contribution in [0.4, 0.5) is 5.69 Å². The fraction of sp³-hybridized carbons (Fsp3) is 0.154. The zero-order valence-electron chi connectivity index (χ0n) is 18.0. The third-order valence-corrected chi connectivity index (χ3v) is 4.85. The lowest BCUT2D eigenvalue weighted by Gasteiger charge is -2.19. The number of hydrogen-bond donors (Lipinski definition) is 0. The molecule has 0 unspecified atom stereocenters. The van der Waals surface area contributed by atoms with Gasteiger partial charge >= 0.3 is 5.69 Å². The number of nitro benzene ring substituents is 1. The van der Waals surface area contributed by atoms with Crippen molar-refractivity contribution < 1.29 is 14.5 Å². The number of nitriles is 1. The van der Waals surface area contributed by atoms with Crippen LogP contribution in [-0.4, -0.2) is 10.7 Å². The van der Waals surface area contributed by atoms with Gasteiger partial charge in [0.15, 0.2) is 5.78 Å². The molecule has 0 amide bonds. The van der Waals surface area contributed by atoms with Crippen molar-refractivity contribution in [2.75, 3.05) is 0 Å². The summed E-state index contributed by atoms with van der Waals surface area (Å²) in [5.41, 5.74) is 2.31. The summed E-state index contributed by atoms with van der Waals surface area (Å²) in [5, 5.41) is 20.4. The van der Waals surface area contributed by atoms with E-state index < -0.39 is 4.92 Å². The predicted octanol–water partition coefficient (Wildman–Crippen LogP) is 6.45. The van der Waals surface area contributed by atoms with E-state index >= 15 is 0 Å². The Morgan fingerprint density at radius 3 is 2.25 bits per heavy atom. The van der Waals surface area contributed by atoms with Crippen molar-refractivity contribution in [3.63, 3.8) is 0 Å². The van der Waals surface area contributed by atoms with E-state index in [-0.39, 0.29) is 22.6 Å². The van der Waals surface area contributed by atoms with Gasteiger partial charge in [-0.2, -0.15) is 5.26 Å². The molecule has 32 heavy (non-hydrogen) atoms.